The lowest BCUT2D eigenvalue weighted by Crippen LogP contribution is -2.45. The van der Waals surface area contributed by atoms with Crippen molar-refractivity contribution in [2.45, 2.75) is 37.0 Å². The van der Waals surface area contributed by atoms with E-state index in [1.54, 1.807) is 11.4 Å². The Balaban J connectivity index is 2.04. The van der Waals surface area contributed by atoms with Gasteiger partial charge in [0.25, 0.3) is 0 Å². The van der Waals surface area contributed by atoms with Crippen molar-refractivity contribution < 1.29 is 13.2 Å². The van der Waals surface area contributed by atoms with Crippen molar-refractivity contribution in [3.05, 3.63) is 0 Å². The van der Waals surface area contributed by atoms with Crippen molar-refractivity contribution in [2.75, 3.05) is 33.4 Å². The summed E-state index contributed by atoms with van der Waals surface area (Å²) in [4.78, 5) is 0. The summed E-state index contributed by atoms with van der Waals surface area (Å²) in [6.07, 6.45) is 3.49. The third-order valence-electron chi connectivity index (χ3n) is 3.50. The number of nitrogens with zero attached hydrogens (tertiary/aromatic N) is 1. The molecular formula is C11H22N2O3S. The van der Waals surface area contributed by atoms with Crippen molar-refractivity contribution in [1.29, 1.82) is 0 Å². The predicted molar refractivity (Wildman–Crippen MR) is 66.4 cm³/mol. The van der Waals surface area contributed by atoms with Gasteiger partial charge in [0.2, 0.25) is 10.0 Å². The van der Waals surface area contributed by atoms with Gasteiger partial charge in [0.05, 0.1) is 11.9 Å². The van der Waals surface area contributed by atoms with Gasteiger partial charge in [-0.2, -0.15) is 4.31 Å². The minimum Gasteiger partial charge on any atom is -0.383 e. The molecular weight excluding hydrogens is 240 g/mol. The summed E-state index contributed by atoms with van der Waals surface area (Å²) in [6.45, 7) is 2.62. The number of rotatable bonds is 6. The second kappa shape index (κ2) is 5.65. The summed E-state index contributed by atoms with van der Waals surface area (Å²) < 4.78 is 31.7. The number of hydrogen-bond acceptors (Lipinski definition) is 4. The first kappa shape index (κ1) is 13.3. The SMILES string of the molecule is COCCN(C1CC1)S(=O)(=O)C1CCNCC1. The molecule has 0 aromatic rings. The molecule has 0 spiro atoms. The fourth-order valence-electron chi connectivity index (χ4n) is 2.35. The highest BCUT2D eigenvalue weighted by Crippen LogP contribution is 2.32. The van der Waals surface area contributed by atoms with Gasteiger partial charge in [-0.3, -0.25) is 0 Å². The maximum atomic E-state index is 12.5. The smallest absolute Gasteiger partial charge is 0.217 e. The molecule has 0 unspecified atom stereocenters. The van der Waals surface area contributed by atoms with Crippen LogP contribution in [0.1, 0.15) is 25.7 Å². The average molecular weight is 262 g/mol. The van der Waals surface area contributed by atoms with Crippen molar-refractivity contribution in [3.63, 3.8) is 0 Å². The zero-order valence-corrected chi connectivity index (χ0v) is 11.2. The minimum absolute atomic E-state index is 0.193. The van der Waals surface area contributed by atoms with E-state index in [1.807, 2.05) is 0 Å². The summed E-state index contributed by atoms with van der Waals surface area (Å²) in [5.74, 6) is 0. The predicted octanol–water partition coefficient (Wildman–Crippen LogP) is 0.179. The zero-order chi connectivity index (χ0) is 12.3. The van der Waals surface area contributed by atoms with Gasteiger partial charge in [-0.05, 0) is 38.8 Å². The van der Waals surface area contributed by atoms with E-state index in [0.717, 1.165) is 38.8 Å². The summed E-state index contributed by atoms with van der Waals surface area (Å²) in [6, 6.07) is 0.241. The van der Waals surface area contributed by atoms with E-state index in [4.69, 9.17) is 4.74 Å². The van der Waals surface area contributed by atoms with Crippen molar-refractivity contribution >= 4 is 10.0 Å². The molecule has 5 nitrogen and oxygen atoms in total. The van der Waals surface area contributed by atoms with Crippen LogP contribution in [0.25, 0.3) is 0 Å². The fraction of sp³-hybridized carbons (Fsp3) is 1.00. The van der Waals surface area contributed by atoms with Crippen molar-refractivity contribution in [1.82, 2.24) is 9.62 Å². The molecule has 2 fully saturated rings. The molecule has 1 heterocycles. The second-order valence-corrected chi connectivity index (χ2v) is 6.99. The Morgan fingerprint density at radius 2 is 1.88 bits per heavy atom. The van der Waals surface area contributed by atoms with Gasteiger partial charge in [0.15, 0.2) is 0 Å². The van der Waals surface area contributed by atoms with Gasteiger partial charge in [0.1, 0.15) is 0 Å². The van der Waals surface area contributed by atoms with Gasteiger partial charge in [-0.1, -0.05) is 0 Å². The first-order chi connectivity index (χ1) is 8.16. The molecule has 0 atom stereocenters. The Bertz CT molecular complexity index is 335. The lowest BCUT2D eigenvalue weighted by atomic mass is 10.2. The molecule has 1 aliphatic carbocycles. The molecule has 6 heteroatoms. The first-order valence-electron chi connectivity index (χ1n) is 6.36. The van der Waals surface area contributed by atoms with Crippen LogP contribution in [0, 0.1) is 0 Å². The van der Waals surface area contributed by atoms with E-state index in [9.17, 15) is 8.42 Å². The molecule has 0 bridgehead atoms. The van der Waals surface area contributed by atoms with Crippen molar-refractivity contribution in [2.24, 2.45) is 0 Å². The Hall–Kier alpha value is -0.170. The van der Waals surface area contributed by atoms with E-state index in [0.29, 0.717) is 13.2 Å². The van der Waals surface area contributed by atoms with Crippen LogP contribution in [0.5, 0.6) is 0 Å². The summed E-state index contributed by atoms with van der Waals surface area (Å²) >= 11 is 0. The van der Waals surface area contributed by atoms with Crippen LogP contribution in [0.15, 0.2) is 0 Å². The van der Waals surface area contributed by atoms with Crippen LogP contribution >= 0.6 is 0 Å². The average Bonchev–Trinajstić information content (AvgIpc) is 3.15. The van der Waals surface area contributed by atoms with Gasteiger partial charge in [-0.15, -0.1) is 0 Å². The van der Waals surface area contributed by atoms with Crippen LogP contribution in [-0.4, -0.2) is 57.4 Å². The van der Waals surface area contributed by atoms with E-state index in [1.165, 1.54) is 0 Å². The molecule has 17 heavy (non-hydrogen) atoms. The van der Waals surface area contributed by atoms with Crippen molar-refractivity contribution in [3.8, 4) is 0 Å². The lowest BCUT2D eigenvalue weighted by Gasteiger charge is -2.29. The zero-order valence-electron chi connectivity index (χ0n) is 10.4. The van der Waals surface area contributed by atoms with E-state index in [2.05, 4.69) is 5.32 Å². The summed E-state index contributed by atoms with van der Waals surface area (Å²) in [7, 11) is -1.51. The minimum atomic E-state index is -3.12. The van der Waals surface area contributed by atoms with Crippen LogP contribution in [0.4, 0.5) is 0 Å². The number of nitrogens with one attached hydrogen (secondary N) is 1. The molecule has 2 aliphatic rings. The molecule has 1 saturated carbocycles. The summed E-state index contributed by atoms with van der Waals surface area (Å²) in [5, 5.41) is 3.01. The Morgan fingerprint density at radius 3 is 2.41 bits per heavy atom. The third kappa shape index (κ3) is 3.19. The highest BCUT2D eigenvalue weighted by atomic mass is 32.2. The Kier molecular flexibility index (Phi) is 4.41. The normalized spacial score (nSPS) is 23.2. The summed E-state index contributed by atoms with van der Waals surface area (Å²) in [5.41, 5.74) is 0. The van der Waals surface area contributed by atoms with E-state index in [-0.39, 0.29) is 11.3 Å². The number of sulfonamides is 1. The van der Waals surface area contributed by atoms with Gasteiger partial charge < -0.3 is 10.1 Å². The van der Waals surface area contributed by atoms with Gasteiger partial charge in [-0.25, -0.2) is 8.42 Å². The van der Waals surface area contributed by atoms with Gasteiger partial charge in [0, 0.05) is 19.7 Å². The number of ether oxygens (including phenoxy) is 1. The quantitative estimate of drug-likeness (QED) is 0.742. The first-order valence-corrected chi connectivity index (χ1v) is 7.87. The molecule has 2 rings (SSSR count). The molecule has 100 valence electrons. The number of piperidine rings is 1. The molecule has 0 radical (unpaired) electrons. The second-order valence-electron chi connectivity index (χ2n) is 4.83. The third-order valence-corrected chi connectivity index (χ3v) is 5.95. The Morgan fingerprint density at radius 1 is 1.24 bits per heavy atom. The molecule has 0 aromatic carbocycles. The molecule has 0 aromatic heterocycles. The van der Waals surface area contributed by atoms with E-state index >= 15 is 0 Å². The van der Waals surface area contributed by atoms with E-state index < -0.39 is 10.0 Å². The Labute approximate surface area is 104 Å². The van der Waals surface area contributed by atoms with Gasteiger partial charge >= 0.3 is 0 Å². The molecule has 1 aliphatic heterocycles. The maximum absolute atomic E-state index is 12.5. The molecule has 1 N–H and O–H groups in total. The molecule has 0 amide bonds. The monoisotopic (exact) mass is 262 g/mol. The number of hydrogen-bond donors (Lipinski definition) is 1. The fourth-order valence-corrected chi connectivity index (χ4v) is 4.52. The standard InChI is InChI=1S/C11H22N2O3S/c1-16-9-8-13(10-2-3-10)17(14,15)11-4-6-12-7-5-11/h10-12H,2-9H2,1H3. The van der Waals surface area contributed by atoms with Crippen LogP contribution in [-0.2, 0) is 14.8 Å². The highest BCUT2D eigenvalue weighted by Gasteiger charge is 2.41. The number of methoxy groups -OCH3 is 1. The molecule has 1 saturated heterocycles. The topological polar surface area (TPSA) is 58.6 Å². The van der Waals surface area contributed by atoms with Crippen LogP contribution < -0.4 is 5.32 Å². The van der Waals surface area contributed by atoms with Crippen LogP contribution in [0.2, 0.25) is 0 Å². The lowest BCUT2D eigenvalue weighted by molar-refractivity contribution is 0.176. The maximum Gasteiger partial charge on any atom is 0.217 e. The van der Waals surface area contributed by atoms with Crippen LogP contribution in [0.3, 0.4) is 0 Å². The highest BCUT2D eigenvalue weighted by molar-refractivity contribution is 7.89. The largest absolute Gasteiger partial charge is 0.383 e.